The third kappa shape index (κ3) is 4.61. The smallest absolute Gasteiger partial charge is 0.230 e. The van der Waals surface area contributed by atoms with Crippen LogP contribution in [-0.2, 0) is 11.3 Å². The predicted octanol–water partition coefficient (Wildman–Crippen LogP) is 3.01. The Morgan fingerprint density at radius 2 is 2.04 bits per heavy atom. The molecule has 7 heteroatoms. The zero-order valence-electron chi connectivity index (χ0n) is 12.2. The maximum absolute atomic E-state index is 11.9. The Hall–Kier alpha value is -2.25. The van der Waals surface area contributed by atoms with Gasteiger partial charge in [0.25, 0.3) is 0 Å². The minimum absolute atomic E-state index is 0.0519. The first-order valence-electron chi connectivity index (χ1n) is 6.98. The molecular formula is C16H14N4OS2. The van der Waals surface area contributed by atoms with Crippen molar-refractivity contribution < 1.29 is 4.79 Å². The lowest BCUT2D eigenvalue weighted by Crippen LogP contribution is -2.24. The molecule has 0 saturated heterocycles. The van der Waals surface area contributed by atoms with E-state index in [4.69, 9.17) is 0 Å². The van der Waals surface area contributed by atoms with Crippen LogP contribution >= 0.6 is 23.1 Å². The van der Waals surface area contributed by atoms with Gasteiger partial charge in [-0.1, -0.05) is 48.2 Å². The van der Waals surface area contributed by atoms with E-state index in [-0.39, 0.29) is 11.7 Å². The van der Waals surface area contributed by atoms with E-state index in [9.17, 15) is 4.79 Å². The van der Waals surface area contributed by atoms with Gasteiger partial charge in [-0.2, -0.15) is 5.10 Å². The van der Waals surface area contributed by atoms with Crippen molar-refractivity contribution in [3.05, 3.63) is 59.6 Å². The molecule has 1 N–H and O–H groups in total. The van der Waals surface area contributed by atoms with Crippen LogP contribution in [0.3, 0.4) is 0 Å². The fraction of sp³-hybridized carbons (Fsp3) is 0.125. The van der Waals surface area contributed by atoms with Gasteiger partial charge in [0, 0.05) is 6.54 Å². The summed E-state index contributed by atoms with van der Waals surface area (Å²) < 4.78 is 0. The minimum Gasteiger partial charge on any atom is -0.351 e. The number of carbonyl (C=O) groups is 1. The summed E-state index contributed by atoms with van der Waals surface area (Å²) in [5.74, 6) is 0.214. The van der Waals surface area contributed by atoms with Crippen LogP contribution < -0.4 is 5.32 Å². The molecule has 0 aliphatic rings. The van der Waals surface area contributed by atoms with Gasteiger partial charge in [0.1, 0.15) is 5.69 Å². The summed E-state index contributed by atoms with van der Waals surface area (Å²) in [4.78, 5) is 17.4. The first-order chi connectivity index (χ1) is 11.3. The number of rotatable bonds is 6. The Kier molecular flexibility index (Phi) is 5.33. The van der Waals surface area contributed by atoms with E-state index < -0.39 is 0 Å². The highest BCUT2D eigenvalue weighted by atomic mass is 32.2. The lowest BCUT2D eigenvalue weighted by molar-refractivity contribution is -0.118. The van der Waals surface area contributed by atoms with Crippen molar-refractivity contribution in [3.8, 4) is 10.6 Å². The molecule has 0 fully saturated rings. The zero-order chi connectivity index (χ0) is 15.9. The van der Waals surface area contributed by atoms with Gasteiger partial charge in [-0.15, -0.1) is 16.4 Å². The minimum atomic E-state index is -0.0519. The van der Waals surface area contributed by atoms with Crippen LogP contribution in [-0.4, -0.2) is 26.8 Å². The molecule has 0 saturated carbocycles. The SMILES string of the molecule is O=C(CSc1nncc(-c2cccs2)n1)NCc1ccccc1. The number of hydrogen-bond donors (Lipinski definition) is 1. The first-order valence-corrected chi connectivity index (χ1v) is 8.85. The van der Waals surface area contributed by atoms with Crippen LogP contribution in [0.5, 0.6) is 0 Å². The maximum Gasteiger partial charge on any atom is 0.230 e. The Labute approximate surface area is 142 Å². The van der Waals surface area contributed by atoms with Gasteiger partial charge in [-0.25, -0.2) is 4.98 Å². The number of aromatic nitrogens is 3. The number of benzene rings is 1. The van der Waals surface area contributed by atoms with E-state index in [1.165, 1.54) is 11.8 Å². The fourth-order valence-electron chi connectivity index (χ4n) is 1.87. The normalized spacial score (nSPS) is 10.4. The standard InChI is InChI=1S/C16H14N4OS2/c21-15(17-9-12-5-2-1-3-6-12)11-23-16-19-13(10-18-20-16)14-7-4-8-22-14/h1-8,10H,9,11H2,(H,17,21). The molecule has 0 aliphatic carbocycles. The molecule has 3 rings (SSSR count). The fourth-order valence-corrected chi connectivity index (χ4v) is 3.18. The summed E-state index contributed by atoms with van der Waals surface area (Å²) >= 11 is 2.88. The lowest BCUT2D eigenvalue weighted by Gasteiger charge is -2.05. The van der Waals surface area contributed by atoms with Gasteiger partial charge >= 0.3 is 0 Å². The van der Waals surface area contributed by atoms with E-state index in [0.29, 0.717) is 11.7 Å². The van der Waals surface area contributed by atoms with E-state index in [1.54, 1.807) is 17.5 Å². The molecule has 0 atom stereocenters. The summed E-state index contributed by atoms with van der Waals surface area (Å²) in [5, 5.41) is 13.3. The summed E-state index contributed by atoms with van der Waals surface area (Å²) in [7, 11) is 0. The molecule has 2 aromatic heterocycles. The van der Waals surface area contributed by atoms with Gasteiger partial charge in [-0.05, 0) is 17.0 Å². The molecule has 0 spiro atoms. The number of nitrogens with one attached hydrogen (secondary N) is 1. The van der Waals surface area contributed by atoms with Gasteiger partial charge in [0.05, 0.1) is 16.8 Å². The van der Waals surface area contributed by atoms with Crippen LogP contribution in [0.2, 0.25) is 0 Å². The summed E-state index contributed by atoms with van der Waals surface area (Å²) in [6.45, 7) is 0.522. The molecule has 0 aliphatic heterocycles. The average molecular weight is 342 g/mol. The monoisotopic (exact) mass is 342 g/mol. The Bertz CT molecular complexity index is 763. The van der Waals surface area contributed by atoms with Crippen molar-refractivity contribution in [2.75, 3.05) is 5.75 Å². The van der Waals surface area contributed by atoms with Gasteiger partial charge in [0.2, 0.25) is 11.1 Å². The third-order valence-electron chi connectivity index (χ3n) is 2.98. The van der Waals surface area contributed by atoms with Crippen LogP contribution in [0, 0.1) is 0 Å². The molecule has 3 aromatic rings. The Morgan fingerprint density at radius 3 is 2.83 bits per heavy atom. The maximum atomic E-state index is 11.9. The third-order valence-corrected chi connectivity index (χ3v) is 4.71. The van der Waals surface area contributed by atoms with Crippen LogP contribution in [0.15, 0.2) is 59.2 Å². The van der Waals surface area contributed by atoms with Gasteiger partial charge < -0.3 is 5.32 Å². The molecule has 116 valence electrons. The number of hydrogen-bond acceptors (Lipinski definition) is 6. The van der Waals surface area contributed by atoms with Crippen LogP contribution in [0.4, 0.5) is 0 Å². The molecule has 2 heterocycles. The number of thiophene rings is 1. The number of thioether (sulfide) groups is 1. The second kappa shape index (κ2) is 7.85. The summed E-state index contributed by atoms with van der Waals surface area (Å²) in [6, 6.07) is 13.8. The highest BCUT2D eigenvalue weighted by Gasteiger charge is 2.08. The average Bonchev–Trinajstić information content (AvgIpc) is 3.14. The van der Waals surface area contributed by atoms with E-state index in [0.717, 1.165) is 16.1 Å². The molecule has 1 aromatic carbocycles. The topological polar surface area (TPSA) is 67.8 Å². The zero-order valence-corrected chi connectivity index (χ0v) is 13.8. The molecule has 0 bridgehead atoms. The van der Waals surface area contributed by atoms with Crippen molar-refractivity contribution in [2.24, 2.45) is 0 Å². The van der Waals surface area contributed by atoms with Gasteiger partial charge in [0.15, 0.2) is 0 Å². The molecule has 23 heavy (non-hydrogen) atoms. The highest BCUT2D eigenvalue weighted by molar-refractivity contribution is 7.99. The molecule has 1 amide bonds. The van der Waals surface area contributed by atoms with Crippen molar-refractivity contribution in [1.82, 2.24) is 20.5 Å². The number of carbonyl (C=O) groups excluding carboxylic acids is 1. The van der Waals surface area contributed by atoms with E-state index in [2.05, 4.69) is 20.5 Å². The summed E-state index contributed by atoms with van der Waals surface area (Å²) in [5.41, 5.74) is 1.85. The van der Waals surface area contributed by atoms with Gasteiger partial charge in [-0.3, -0.25) is 4.79 Å². The molecule has 5 nitrogen and oxygen atoms in total. The quantitative estimate of drug-likeness (QED) is 0.698. The van der Waals surface area contributed by atoms with E-state index >= 15 is 0 Å². The van der Waals surface area contributed by atoms with Crippen molar-refractivity contribution >= 4 is 29.0 Å². The van der Waals surface area contributed by atoms with Crippen molar-refractivity contribution in [1.29, 1.82) is 0 Å². The summed E-state index contributed by atoms with van der Waals surface area (Å²) in [6.07, 6.45) is 1.63. The van der Waals surface area contributed by atoms with Crippen LogP contribution in [0.25, 0.3) is 10.6 Å². The van der Waals surface area contributed by atoms with E-state index in [1.807, 2.05) is 47.8 Å². The number of amides is 1. The Morgan fingerprint density at radius 1 is 1.17 bits per heavy atom. The number of nitrogens with zero attached hydrogens (tertiary/aromatic N) is 3. The second-order valence-corrected chi connectivity index (χ2v) is 6.54. The predicted molar refractivity (Wildman–Crippen MR) is 92.2 cm³/mol. The lowest BCUT2D eigenvalue weighted by atomic mass is 10.2. The highest BCUT2D eigenvalue weighted by Crippen LogP contribution is 2.23. The van der Waals surface area contributed by atoms with Crippen molar-refractivity contribution in [3.63, 3.8) is 0 Å². The molecule has 0 radical (unpaired) electrons. The first kappa shape index (κ1) is 15.6. The largest absolute Gasteiger partial charge is 0.351 e. The van der Waals surface area contributed by atoms with Crippen molar-refractivity contribution in [2.45, 2.75) is 11.7 Å². The second-order valence-electron chi connectivity index (χ2n) is 4.65. The van der Waals surface area contributed by atoms with Crippen LogP contribution in [0.1, 0.15) is 5.56 Å². The Balaban J connectivity index is 1.52. The molecular weight excluding hydrogens is 328 g/mol. The molecule has 0 unspecified atom stereocenters.